The second-order valence-corrected chi connectivity index (χ2v) is 5.49. The Hall–Kier alpha value is -1.42. The highest BCUT2D eigenvalue weighted by Crippen LogP contribution is 2.06. The molecule has 0 aliphatic rings. The SMILES string of the molecule is CC(C)CCNC(=O)C(C)NCCc1ccccc1F. The monoisotopic (exact) mass is 280 g/mol. The highest BCUT2D eigenvalue weighted by atomic mass is 19.1. The van der Waals surface area contributed by atoms with Crippen molar-refractivity contribution < 1.29 is 9.18 Å². The zero-order chi connectivity index (χ0) is 15.0. The molecule has 0 aliphatic heterocycles. The molecule has 1 amide bonds. The molecule has 0 spiro atoms. The summed E-state index contributed by atoms with van der Waals surface area (Å²) in [5.74, 6) is 0.391. The Morgan fingerprint density at radius 1 is 1.20 bits per heavy atom. The van der Waals surface area contributed by atoms with Gasteiger partial charge in [0.2, 0.25) is 5.91 Å². The van der Waals surface area contributed by atoms with Gasteiger partial charge in [0.05, 0.1) is 6.04 Å². The van der Waals surface area contributed by atoms with E-state index in [1.54, 1.807) is 12.1 Å². The van der Waals surface area contributed by atoms with Gasteiger partial charge in [-0.3, -0.25) is 4.79 Å². The van der Waals surface area contributed by atoms with Crippen molar-refractivity contribution in [1.29, 1.82) is 0 Å². The van der Waals surface area contributed by atoms with Gasteiger partial charge in [-0.15, -0.1) is 0 Å². The number of amides is 1. The van der Waals surface area contributed by atoms with E-state index in [1.165, 1.54) is 6.07 Å². The number of carbonyl (C=O) groups is 1. The average molecular weight is 280 g/mol. The van der Waals surface area contributed by atoms with E-state index in [0.29, 0.717) is 31.0 Å². The van der Waals surface area contributed by atoms with E-state index < -0.39 is 0 Å². The summed E-state index contributed by atoms with van der Waals surface area (Å²) in [7, 11) is 0. The van der Waals surface area contributed by atoms with Crippen LogP contribution in [0, 0.1) is 11.7 Å². The lowest BCUT2D eigenvalue weighted by Crippen LogP contribution is -2.43. The Kier molecular flexibility index (Phi) is 7.23. The fraction of sp³-hybridized carbons (Fsp3) is 0.562. The van der Waals surface area contributed by atoms with Gasteiger partial charge in [-0.2, -0.15) is 0 Å². The van der Waals surface area contributed by atoms with Crippen molar-refractivity contribution >= 4 is 5.91 Å². The van der Waals surface area contributed by atoms with Crippen molar-refractivity contribution in [2.45, 2.75) is 39.7 Å². The molecule has 0 radical (unpaired) electrons. The van der Waals surface area contributed by atoms with Crippen LogP contribution in [-0.2, 0) is 11.2 Å². The number of hydrogen-bond acceptors (Lipinski definition) is 2. The first-order chi connectivity index (χ1) is 9.50. The lowest BCUT2D eigenvalue weighted by molar-refractivity contribution is -0.122. The normalized spacial score (nSPS) is 12.4. The molecule has 0 saturated carbocycles. The van der Waals surface area contributed by atoms with Crippen LogP contribution in [0.3, 0.4) is 0 Å². The van der Waals surface area contributed by atoms with E-state index >= 15 is 0 Å². The van der Waals surface area contributed by atoms with E-state index in [0.717, 1.165) is 6.42 Å². The number of nitrogens with one attached hydrogen (secondary N) is 2. The molecule has 1 atom stereocenters. The van der Waals surface area contributed by atoms with Gasteiger partial charge >= 0.3 is 0 Å². The summed E-state index contributed by atoms with van der Waals surface area (Å²) >= 11 is 0. The highest BCUT2D eigenvalue weighted by Gasteiger charge is 2.11. The first-order valence-corrected chi connectivity index (χ1v) is 7.25. The van der Waals surface area contributed by atoms with E-state index in [4.69, 9.17) is 0 Å². The minimum absolute atomic E-state index is 0.000756. The molecule has 0 bridgehead atoms. The predicted molar refractivity (Wildman–Crippen MR) is 80.0 cm³/mol. The molecule has 112 valence electrons. The van der Waals surface area contributed by atoms with Crippen LogP contribution in [-0.4, -0.2) is 25.0 Å². The first-order valence-electron chi connectivity index (χ1n) is 7.25. The van der Waals surface area contributed by atoms with Gasteiger partial charge in [-0.1, -0.05) is 32.0 Å². The third-order valence-corrected chi connectivity index (χ3v) is 3.22. The third kappa shape index (κ3) is 6.15. The van der Waals surface area contributed by atoms with Crippen LogP contribution >= 0.6 is 0 Å². The fourth-order valence-corrected chi connectivity index (χ4v) is 1.85. The molecule has 0 aromatic heterocycles. The highest BCUT2D eigenvalue weighted by molar-refractivity contribution is 5.81. The minimum atomic E-state index is -0.256. The van der Waals surface area contributed by atoms with Crippen LogP contribution in [0.1, 0.15) is 32.8 Å². The standard InChI is InChI=1S/C16H25FN2O/c1-12(2)8-10-19-16(20)13(3)18-11-9-14-6-4-5-7-15(14)17/h4-7,12-13,18H,8-11H2,1-3H3,(H,19,20). The summed E-state index contributed by atoms with van der Waals surface area (Å²) in [6.07, 6.45) is 1.56. The topological polar surface area (TPSA) is 41.1 Å². The van der Waals surface area contributed by atoms with Crippen molar-refractivity contribution in [2.24, 2.45) is 5.92 Å². The molecule has 1 aromatic carbocycles. The Bertz CT molecular complexity index is 421. The average Bonchev–Trinajstić information content (AvgIpc) is 2.40. The van der Waals surface area contributed by atoms with Gasteiger partial charge in [0.1, 0.15) is 5.82 Å². The quantitative estimate of drug-likeness (QED) is 0.768. The van der Waals surface area contributed by atoms with Crippen LogP contribution < -0.4 is 10.6 Å². The molecule has 0 saturated heterocycles. The van der Waals surface area contributed by atoms with Crippen LogP contribution in [0.2, 0.25) is 0 Å². The molecule has 1 rings (SSSR count). The second kappa shape index (κ2) is 8.69. The summed E-state index contributed by atoms with van der Waals surface area (Å²) in [6, 6.07) is 6.47. The second-order valence-electron chi connectivity index (χ2n) is 5.49. The Labute approximate surface area is 121 Å². The van der Waals surface area contributed by atoms with E-state index in [9.17, 15) is 9.18 Å². The number of halogens is 1. The molecular formula is C16H25FN2O. The number of hydrogen-bond donors (Lipinski definition) is 2. The molecule has 2 N–H and O–H groups in total. The first kappa shape index (κ1) is 16.6. The van der Waals surface area contributed by atoms with E-state index in [1.807, 2.05) is 13.0 Å². The molecular weight excluding hydrogens is 255 g/mol. The molecule has 0 heterocycles. The summed E-state index contributed by atoms with van der Waals surface area (Å²) in [5.41, 5.74) is 0.674. The Balaban J connectivity index is 2.24. The molecule has 0 aliphatic carbocycles. The Morgan fingerprint density at radius 3 is 2.55 bits per heavy atom. The van der Waals surface area contributed by atoms with Gasteiger partial charge in [-0.25, -0.2) is 4.39 Å². The van der Waals surface area contributed by atoms with Crippen LogP contribution in [0.5, 0.6) is 0 Å². The van der Waals surface area contributed by atoms with Gasteiger partial charge in [-0.05, 0) is 37.3 Å². The number of carbonyl (C=O) groups excluding carboxylic acids is 1. The molecule has 20 heavy (non-hydrogen) atoms. The van der Waals surface area contributed by atoms with Gasteiger partial charge in [0.15, 0.2) is 0 Å². The van der Waals surface area contributed by atoms with E-state index in [2.05, 4.69) is 24.5 Å². The van der Waals surface area contributed by atoms with Crippen LogP contribution in [0.15, 0.2) is 24.3 Å². The number of benzene rings is 1. The third-order valence-electron chi connectivity index (χ3n) is 3.22. The van der Waals surface area contributed by atoms with Crippen LogP contribution in [0.4, 0.5) is 4.39 Å². The van der Waals surface area contributed by atoms with E-state index in [-0.39, 0.29) is 17.8 Å². The lowest BCUT2D eigenvalue weighted by atomic mass is 10.1. The summed E-state index contributed by atoms with van der Waals surface area (Å²) in [5, 5.41) is 6.02. The lowest BCUT2D eigenvalue weighted by Gasteiger charge is -2.14. The van der Waals surface area contributed by atoms with Crippen molar-refractivity contribution in [3.05, 3.63) is 35.6 Å². The maximum absolute atomic E-state index is 13.4. The number of rotatable bonds is 8. The summed E-state index contributed by atoms with van der Waals surface area (Å²) in [4.78, 5) is 11.8. The maximum atomic E-state index is 13.4. The molecule has 4 heteroatoms. The van der Waals surface area contributed by atoms with Gasteiger partial charge in [0.25, 0.3) is 0 Å². The summed E-state index contributed by atoms with van der Waals surface area (Å²) in [6.45, 7) is 7.37. The van der Waals surface area contributed by atoms with Crippen molar-refractivity contribution in [3.63, 3.8) is 0 Å². The Morgan fingerprint density at radius 2 is 1.90 bits per heavy atom. The fourth-order valence-electron chi connectivity index (χ4n) is 1.85. The predicted octanol–water partition coefficient (Wildman–Crippen LogP) is 2.51. The molecule has 0 fully saturated rings. The zero-order valence-corrected chi connectivity index (χ0v) is 12.6. The van der Waals surface area contributed by atoms with Crippen molar-refractivity contribution in [2.75, 3.05) is 13.1 Å². The van der Waals surface area contributed by atoms with Gasteiger partial charge in [0, 0.05) is 13.1 Å². The van der Waals surface area contributed by atoms with Crippen LogP contribution in [0.25, 0.3) is 0 Å². The maximum Gasteiger partial charge on any atom is 0.236 e. The largest absolute Gasteiger partial charge is 0.355 e. The summed E-state index contributed by atoms with van der Waals surface area (Å²) < 4.78 is 13.4. The molecule has 1 aromatic rings. The molecule has 1 unspecified atom stereocenters. The smallest absolute Gasteiger partial charge is 0.236 e. The molecule has 3 nitrogen and oxygen atoms in total. The minimum Gasteiger partial charge on any atom is -0.355 e. The zero-order valence-electron chi connectivity index (χ0n) is 12.6. The van der Waals surface area contributed by atoms with Gasteiger partial charge < -0.3 is 10.6 Å². The van der Waals surface area contributed by atoms with Crippen molar-refractivity contribution in [1.82, 2.24) is 10.6 Å². The van der Waals surface area contributed by atoms with Crippen molar-refractivity contribution in [3.8, 4) is 0 Å².